The molecule has 0 fully saturated rings. The predicted octanol–water partition coefficient (Wildman–Crippen LogP) is 14.5. The van der Waals surface area contributed by atoms with Crippen LogP contribution in [0.3, 0.4) is 0 Å². The number of benzene rings is 1. The van der Waals surface area contributed by atoms with E-state index in [0.29, 0.717) is 44.5 Å². The van der Waals surface area contributed by atoms with E-state index in [0.717, 1.165) is 82.6 Å². The molecule has 0 aliphatic carbocycles. The second-order valence-electron chi connectivity index (χ2n) is 16.2. The van der Waals surface area contributed by atoms with E-state index in [9.17, 15) is 19.5 Å². The third kappa shape index (κ3) is 36.6. The Morgan fingerprint density at radius 2 is 0.864 bits per heavy atom. The van der Waals surface area contributed by atoms with Crippen molar-refractivity contribution < 1.29 is 24.2 Å². The Kier molecular flexibility index (Phi) is 38.2. The lowest BCUT2D eigenvalue weighted by molar-refractivity contribution is -0.141. The van der Waals surface area contributed by atoms with Crippen molar-refractivity contribution >= 4 is 17.8 Å². The van der Waals surface area contributed by atoms with Crippen LogP contribution in [0.2, 0.25) is 0 Å². The lowest BCUT2D eigenvalue weighted by atomic mass is 9.99. The molecule has 0 heterocycles. The number of ether oxygens (including phenoxy) is 1. The molecule has 0 aromatic heterocycles. The van der Waals surface area contributed by atoms with E-state index in [1.807, 2.05) is 50.3 Å². The SMILES string of the molecule is CC/C=C\C/C=C\C/C=C\C/C=C\C/C=C\C/C=C\CCC(=O)NC[C@@H](Cc1ccc(OCC(C)C(C)NC(=O)CC/C=C\C/C=C\C/C=C\C/C=C\C/C=C\C/C=C\CC)cc1)C(=O)O. The third-order valence-corrected chi connectivity index (χ3v) is 10.3. The first-order chi connectivity index (χ1) is 32.3. The minimum atomic E-state index is -0.949. The molecule has 0 saturated carbocycles. The molecule has 0 saturated heterocycles. The molecule has 0 radical (unpaired) electrons. The zero-order valence-electron chi connectivity index (χ0n) is 40.9. The summed E-state index contributed by atoms with van der Waals surface area (Å²) in [6.07, 6.45) is 65.7. The standard InChI is InChI=1S/C59H84N2O5/c1-5-7-9-11-13-15-17-19-21-23-25-27-29-31-33-35-37-39-41-43-57(62)60-50-55(59(64)65)49-54-45-47-56(48-46-54)66-51-52(3)53(4)61-58(63)44-42-40-38-36-34-32-30-28-26-24-22-20-18-16-14-12-10-8-6-2/h7-10,13-16,19-22,25-28,31-34,37-40,45-48,52-53,55H,5-6,11-12,17-18,23-24,29-30,35-36,41-44,49-51H2,1-4H3,(H,60,62)(H,61,63)(H,64,65)/b9-7-,10-8-,15-13-,16-14-,21-19-,22-20-,27-25-,28-26-,33-31-,34-32-,39-37-,40-38-/t52?,53?,55-/m1/s1. The topological polar surface area (TPSA) is 105 Å². The monoisotopic (exact) mass is 901 g/mol. The number of allylic oxidation sites excluding steroid dienone is 24. The second kappa shape index (κ2) is 43.2. The molecule has 3 N–H and O–H groups in total. The van der Waals surface area contributed by atoms with Crippen LogP contribution < -0.4 is 15.4 Å². The Bertz CT molecular complexity index is 1780. The van der Waals surface area contributed by atoms with Gasteiger partial charge in [0.1, 0.15) is 5.75 Å². The van der Waals surface area contributed by atoms with Gasteiger partial charge >= 0.3 is 5.97 Å². The summed E-state index contributed by atoms with van der Waals surface area (Å²) >= 11 is 0. The lowest BCUT2D eigenvalue weighted by Gasteiger charge is -2.21. The zero-order valence-corrected chi connectivity index (χ0v) is 40.9. The number of rotatable bonds is 38. The van der Waals surface area contributed by atoms with Crippen molar-refractivity contribution in [3.63, 3.8) is 0 Å². The van der Waals surface area contributed by atoms with Gasteiger partial charge in [-0.15, -0.1) is 0 Å². The van der Waals surface area contributed by atoms with Crippen LogP contribution in [0.5, 0.6) is 5.75 Å². The summed E-state index contributed by atoms with van der Waals surface area (Å²) in [4.78, 5) is 37.0. The van der Waals surface area contributed by atoms with Gasteiger partial charge in [-0.05, 0) is 121 Å². The van der Waals surface area contributed by atoms with Crippen molar-refractivity contribution in [2.75, 3.05) is 13.2 Å². The summed E-state index contributed by atoms with van der Waals surface area (Å²) in [5.74, 6) is -1.07. The van der Waals surface area contributed by atoms with Crippen molar-refractivity contribution in [1.82, 2.24) is 10.6 Å². The highest BCUT2D eigenvalue weighted by molar-refractivity contribution is 5.77. The zero-order chi connectivity index (χ0) is 48.0. The highest BCUT2D eigenvalue weighted by Crippen LogP contribution is 2.17. The Labute approximate surface area is 400 Å². The lowest BCUT2D eigenvalue weighted by Crippen LogP contribution is -2.39. The Morgan fingerprint density at radius 3 is 1.23 bits per heavy atom. The van der Waals surface area contributed by atoms with Gasteiger partial charge in [0.25, 0.3) is 0 Å². The fourth-order valence-corrected chi connectivity index (χ4v) is 6.13. The van der Waals surface area contributed by atoms with Crippen LogP contribution in [0.15, 0.2) is 170 Å². The first-order valence-electron chi connectivity index (χ1n) is 24.6. The van der Waals surface area contributed by atoms with Crippen LogP contribution in [-0.2, 0) is 20.8 Å². The van der Waals surface area contributed by atoms with Crippen molar-refractivity contribution in [3.8, 4) is 5.75 Å². The van der Waals surface area contributed by atoms with Gasteiger partial charge in [0, 0.05) is 31.3 Å². The smallest absolute Gasteiger partial charge is 0.308 e. The normalized spacial score (nSPS) is 14.2. The average Bonchev–Trinajstić information content (AvgIpc) is 3.31. The average molecular weight is 901 g/mol. The third-order valence-electron chi connectivity index (χ3n) is 10.3. The number of nitrogens with one attached hydrogen (secondary N) is 2. The molecule has 2 unspecified atom stereocenters. The molecular weight excluding hydrogens is 817 g/mol. The molecule has 0 aliphatic rings. The van der Waals surface area contributed by atoms with E-state index in [1.165, 1.54) is 0 Å². The maximum absolute atomic E-state index is 12.5. The predicted molar refractivity (Wildman–Crippen MR) is 281 cm³/mol. The molecule has 1 rings (SSSR count). The number of carboxylic acid groups (broad SMARTS) is 1. The molecule has 0 aliphatic heterocycles. The molecular formula is C59H84N2O5. The van der Waals surface area contributed by atoms with E-state index in [-0.39, 0.29) is 30.3 Å². The minimum absolute atomic E-state index is 0.0206. The largest absolute Gasteiger partial charge is 0.493 e. The molecule has 7 nitrogen and oxygen atoms in total. The molecule has 1 aromatic rings. The molecule has 3 atom stereocenters. The fraction of sp³-hybridized carbons (Fsp3) is 0.441. The van der Waals surface area contributed by atoms with Gasteiger partial charge < -0.3 is 20.5 Å². The number of hydrogen-bond acceptors (Lipinski definition) is 4. The Morgan fingerprint density at radius 1 is 0.515 bits per heavy atom. The highest BCUT2D eigenvalue weighted by Gasteiger charge is 2.19. The molecule has 0 spiro atoms. The molecule has 360 valence electrons. The number of carboxylic acids is 1. The first-order valence-corrected chi connectivity index (χ1v) is 24.6. The van der Waals surface area contributed by atoms with Gasteiger partial charge in [-0.3, -0.25) is 14.4 Å². The summed E-state index contributed by atoms with van der Waals surface area (Å²) in [5, 5.41) is 15.7. The van der Waals surface area contributed by atoms with Gasteiger partial charge in [0.15, 0.2) is 0 Å². The second-order valence-corrected chi connectivity index (χ2v) is 16.2. The summed E-state index contributed by atoms with van der Waals surface area (Å²) in [6, 6.07) is 7.33. The van der Waals surface area contributed by atoms with Crippen LogP contribution in [0.4, 0.5) is 0 Å². The van der Waals surface area contributed by atoms with Crippen LogP contribution in [0, 0.1) is 11.8 Å². The fourth-order valence-electron chi connectivity index (χ4n) is 6.13. The molecule has 2 amide bonds. The summed E-state index contributed by atoms with van der Waals surface area (Å²) < 4.78 is 6.00. The van der Waals surface area contributed by atoms with E-state index >= 15 is 0 Å². The summed E-state index contributed by atoms with van der Waals surface area (Å²) in [7, 11) is 0. The summed E-state index contributed by atoms with van der Waals surface area (Å²) in [5.41, 5.74) is 0.850. The van der Waals surface area contributed by atoms with Crippen molar-refractivity contribution in [2.24, 2.45) is 11.8 Å². The molecule has 66 heavy (non-hydrogen) atoms. The van der Waals surface area contributed by atoms with Gasteiger partial charge in [0.05, 0.1) is 12.5 Å². The molecule has 0 bridgehead atoms. The van der Waals surface area contributed by atoms with Gasteiger partial charge in [-0.1, -0.05) is 179 Å². The minimum Gasteiger partial charge on any atom is -0.493 e. The maximum Gasteiger partial charge on any atom is 0.308 e. The molecule has 1 aromatic carbocycles. The summed E-state index contributed by atoms with van der Waals surface area (Å²) in [6.45, 7) is 8.82. The van der Waals surface area contributed by atoms with Crippen LogP contribution in [-0.4, -0.2) is 42.1 Å². The number of amides is 2. The number of aliphatic carboxylic acids is 1. The van der Waals surface area contributed by atoms with Crippen molar-refractivity contribution in [2.45, 2.75) is 143 Å². The van der Waals surface area contributed by atoms with Gasteiger partial charge in [0.2, 0.25) is 11.8 Å². The number of carbonyl (C=O) groups excluding carboxylic acids is 2. The van der Waals surface area contributed by atoms with Crippen molar-refractivity contribution in [1.29, 1.82) is 0 Å². The van der Waals surface area contributed by atoms with E-state index < -0.39 is 11.9 Å². The van der Waals surface area contributed by atoms with E-state index in [1.54, 1.807) is 0 Å². The molecule has 7 heteroatoms. The highest BCUT2D eigenvalue weighted by atomic mass is 16.5. The quantitative estimate of drug-likeness (QED) is 0.0574. The maximum atomic E-state index is 12.5. The number of hydrogen-bond donors (Lipinski definition) is 3. The first kappa shape index (κ1) is 58.3. The van der Waals surface area contributed by atoms with Gasteiger partial charge in [-0.2, -0.15) is 0 Å². The van der Waals surface area contributed by atoms with Gasteiger partial charge in [-0.25, -0.2) is 0 Å². The Balaban J connectivity index is 2.22. The van der Waals surface area contributed by atoms with Crippen LogP contribution >= 0.6 is 0 Å². The van der Waals surface area contributed by atoms with E-state index in [2.05, 4.69) is 158 Å². The van der Waals surface area contributed by atoms with E-state index in [4.69, 9.17) is 4.74 Å². The van der Waals surface area contributed by atoms with Crippen LogP contribution in [0.1, 0.15) is 136 Å². The van der Waals surface area contributed by atoms with Crippen LogP contribution in [0.25, 0.3) is 0 Å². The number of carbonyl (C=O) groups is 3. The van der Waals surface area contributed by atoms with Crippen molar-refractivity contribution in [3.05, 3.63) is 176 Å². The Hall–Kier alpha value is -5.69.